The van der Waals surface area contributed by atoms with E-state index in [0.29, 0.717) is 12.0 Å². The fraction of sp³-hybridized carbons (Fsp3) is 0.280. The van der Waals surface area contributed by atoms with Crippen molar-refractivity contribution in [3.05, 3.63) is 89.3 Å². The van der Waals surface area contributed by atoms with Crippen LogP contribution in [-0.2, 0) is 16.6 Å². The van der Waals surface area contributed by atoms with Crippen LogP contribution in [0, 0.1) is 11.8 Å². The van der Waals surface area contributed by atoms with Gasteiger partial charge in [-0.2, -0.15) is 5.10 Å². The first kappa shape index (κ1) is 17.9. The predicted molar refractivity (Wildman–Crippen MR) is 113 cm³/mol. The quantitative estimate of drug-likeness (QED) is 0.484. The average molecular weight is 384 g/mol. The number of nitrogens with zero attached hydrogens (tertiary/aromatic N) is 1. The molecule has 2 N–H and O–H groups in total. The molecular weight excluding hydrogens is 360 g/mol. The van der Waals surface area contributed by atoms with E-state index < -0.39 is 5.41 Å². The van der Waals surface area contributed by atoms with E-state index in [1.54, 1.807) is 0 Å². The van der Waals surface area contributed by atoms with Gasteiger partial charge in [-0.05, 0) is 36.3 Å². The Balaban J connectivity index is 1.77. The third-order valence-electron chi connectivity index (χ3n) is 6.94. The topological polar surface area (TPSA) is 66.0 Å². The lowest BCUT2D eigenvalue weighted by atomic mass is 9.52. The minimum absolute atomic E-state index is 0.0614. The monoisotopic (exact) mass is 384 g/mol. The molecular formula is C25H24N2O2. The lowest BCUT2D eigenvalue weighted by Gasteiger charge is -2.49. The van der Waals surface area contributed by atoms with Crippen LogP contribution in [0.1, 0.15) is 36.6 Å². The van der Waals surface area contributed by atoms with Crippen molar-refractivity contribution in [2.75, 3.05) is 0 Å². The zero-order valence-electron chi connectivity index (χ0n) is 16.4. The van der Waals surface area contributed by atoms with E-state index in [2.05, 4.69) is 29.4 Å². The highest BCUT2D eigenvalue weighted by atomic mass is 16.2. The highest BCUT2D eigenvalue weighted by molar-refractivity contribution is 5.98. The van der Waals surface area contributed by atoms with Crippen LogP contribution in [0.2, 0.25) is 0 Å². The molecule has 0 amide bonds. The van der Waals surface area contributed by atoms with Gasteiger partial charge in [-0.3, -0.25) is 9.89 Å². The van der Waals surface area contributed by atoms with Gasteiger partial charge < -0.3 is 5.11 Å². The molecule has 4 heteroatoms. The number of aliphatic hydroxyl groups excluding tert-OH is 1. The third-order valence-corrected chi connectivity index (χ3v) is 6.94. The number of nitrogens with one attached hydrogen (secondary N) is 1. The fourth-order valence-electron chi connectivity index (χ4n) is 5.59. The normalized spacial score (nSPS) is 27.5. The molecule has 1 fully saturated rings. The average Bonchev–Trinajstić information content (AvgIpc) is 3.22. The summed E-state index contributed by atoms with van der Waals surface area (Å²) in [7, 11) is 0. The van der Waals surface area contributed by atoms with Gasteiger partial charge in [0.2, 0.25) is 0 Å². The number of fused-ring (bicyclic) bond motifs is 3. The Morgan fingerprint density at radius 2 is 1.79 bits per heavy atom. The Hall–Kier alpha value is -3.14. The number of Topliss-reactive ketones (excluding diaryl/α,β-unsaturated/α-hetero) is 1. The number of H-pyrrole nitrogens is 1. The van der Waals surface area contributed by atoms with Gasteiger partial charge in [0, 0.05) is 22.5 Å². The summed E-state index contributed by atoms with van der Waals surface area (Å²) >= 11 is 0. The predicted octanol–water partition coefficient (Wildman–Crippen LogP) is 4.98. The van der Waals surface area contributed by atoms with E-state index in [1.165, 1.54) is 5.56 Å². The Labute approximate surface area is 170 Å². The van der Waals surface area contributed by atoms with Crippen LogP contribution < -0.4 is 0 Å². The largest absolute Gasteiger partial charge is 0.515 e. The molecule has 1 heterocycles. The fourth-order valence-corrected chi connectivity index (χ4v) is 5.59. The van der Waals surface area contributed by atoms with Gasteiger partial charge in [-0.25, -0.2) is 0 Å². The van der Waals surface area contributed by atoms with Gasteiger partial charge in [-0.15, -0.1) is 0 Å². The second kappa shape index (κ2) is 6.73. The number of aromatic nitrogens is 2. The molecule has 0 bridgehead atoms. The van der Waals surface area contributed by atoms with Crippen molar-refractivity contribution >= 4 is 5.78 Å². The molecule has 0 aliphatic heterocycles. The van der Waals surface area contributed by atoms with Crippen LogP contribution in [0.3, 0.4) is 0 Å². The molecule has 3 atom stereocenters. The second-order valence-corrected chi connectivity index (χ2v) is 8.26. The van der Waals surface area contributed by atoms with Crippen molar-refractivity contribution in [3.8, 4) is 11.3 Å². The molecule has 0 saturated heterocycles. The summed E-state index contributed by atoms with van der Waals surface area (Å²) < 4.78 is 0. The van der Waals surface area contributed by atoms with Crippen LogP contribution in [0.4, 0.5) is 0 Å². The summed E-state index contributed by atoms with van der Waals surface area (Å²) in [5.74, 6) is 0.0548. The second-order valence-electron chi connectivity index (χ2n) is 8.26. The Kier molecular flexibility index (Phi) is 4.16. The van der Waals surface area contributed by atoms with E-state index >= 15 is 0 Å². The van der Waals surface area contributed by atoms with E-state index in [9.17, 15) is 9.90 Å². The lowest BCUT2D eigenvalue weighted by molar-refractivity contribution is -0.123. The zero-order chi connectivity index (χ0) is 20.0. The Bertz CT molecular complexity index is 1080. The van der Waals surface area contributed by atoms with Crippen LogP contribution >= 0.6 is 0 Å². The lowest BCUT2D eigenvalue weighted by Crippen LogP contribution is -2.50. The maximum atomic E-state index is 12.9. The van der Waals surface area contributed by atoms with Gasteiger partial charge in [0.05, 0.1) is 17.6 Å². The smallest absolute Gasteiger partial charge is 0.165 e. The van der Waals surface area contributed by atoms with Crippen LogP contribution in [0.5, 0.6) is 0 Å². The van der Waals surface area contributed by atoms with E-state index in [4.69, 9.17) is 5.10 Å². The number of hydrogen-bond acceptors (Lipinski definition) is 3. The van der Waals surface area contributed by atoms with Crippen LogP contribution in [0.25, 0.3) is 11.3 Å². The molecule has 29 heavy (non-hydrogen) atoms. The molecule has 1 aromatic heterocycles. The molecule has 5 rings (SSSR count). The number of benzene rings is 2. The molecule has 3 aromatic rings. The Morgan fingerprint density at radius 1 is 1.10 bits per heavy atom. The summed E-state index contributed by atoms with van der Waals surface area (Å²) in [4.78, 5) is 12.9. The number of aromatic amines is 1. The number of allylic oxidation sites excluding steroid dienone is 1. The molecule has 0 radical (unpaired) electrons. The molecule has 4 nitrogen and oxygen atoms in total. The van der Waals surface area contributed by atoms with Crippen molar-refractivity contribution < 1.29 is 9.90 Å². The number of rotatable bonds is 2. The van der Waals surface area contributed by atoms with Gasteiger partial charge >= 0.3 is 0 Å². The minimum atomic E-state index is -0.416. The van der Waals surface area contributed by atoms with Crippen molar-refractivity contribution in [2.24, 2.45) is 11.8 Å². The minimum Gasteiger partial charge on any atom is -0.515 e. The molecule has 2 aromatic carbocycles. The molecule has 2 aliphatic carbocycles. The van der Waals surface area contributed by atoms with Crippen molar-refractivity contribution in [2.45, 2.75) is 31.6 Å². The number of ketones is 1. The summed E-state index contributed by atoms with van der Waals surface area (Å²) in [6.45, 7) is 2.00. The summed E-state index contributed by atoms with van der Waals surface area (Å²) in [6.07, 6.45) is 3.31. The first-order chi connectivity index (χ1) is 14.2. The van der Waals surface area contributed by atoms with Crippen LogP contribution in [0.15, 0.2) is 72.5 Å². The summed E-state index contributed by atoms with van der Waals surface area (Å²) in [5, 5.41) is 18.0. The summed E-state index contributed by atoms with van der Waals surface area (Å²) in [5.41, 5.74) is 5.69. The van der Waals surface area contributed by atoms with Gasteiger partial charge in [0.15, 0.2) is 5.78 Å². The first-order valence-corrected chi connectivity index (χ1v) is 10.2. The molecule has 0 unspecified atom stereocenters. The maximum Gasteiger partial charge on any atom is 0.165 e. The first-order valence-electron chi connectivity index (χ1n) is 10.2. The van der Waals surface area contributed by atoms with E-state index in [0.717, 1.165) is 41.6 Å². The standard InChI is InChI=1S/C25H24N2O2/c1-16-21-13-12-20-22(17-8-4-2-5-9-17)26-27-24(20)25(21,14-18(15-28)23(16)29)19-10-6-3-7-11-19/h2-11,15-16,21,28H,12-14H2,1H3,(H,26,27)/b18-15-/t16-,21-,25+/m0/s1. The van der Waals surface area contributed by atoms with Crippen LogP contribution in [-0.4, -0.2) is 21.1 Å². The van der Waals surface area contributed by atoms with E-state index in [1.807, 2.05) is 43.3 Å². The van der Waals surface area contributed by atoms with Gasteiger partial charge in [0.25, 0.3) is 0 Å². The molecule has 2 aliphatic rings. The van der Waals surface area contributed by atoms with Crippen molar-refractivity contribution in [1.82, 2.24) is 10.2 Å². The zero-order valence-corrected chi connectivity index (χ0v) is 16.4. The molecule has 0 spiro atoms. The SMILES string of the molecule is C[C@@H]1C(=O)/C(=C\O)C[C@]2(c3ccccc3)c3n[nH]c(-c4ccccc4)c3CC[C@@H]12. The number of hydrogen-bond donors (Lipinski definition) is 2. The van der Waals surface area contributed by atoms with Gasteiger partial charge in [-0.1, -0.05) is 67.6 Å². The molecule has 1 saturated carbocycles. The van der Waals surface area contributed by atoms with E-state index in [-0.39, 0.29) is 17.6 Å². The highest BCUT2D eigenvalue weighted by Gasteiger charge is 2.55. The number of carbonyl (C=O) groups excluding carboxylic acids is 1. The number of carbonyl (C=O) groups is 1. The molecule has 146 valence electrons. The summed E-state index contributed by atoms with van der Waals surface area (Å²) in [6, 6.07) is 20.7. The van der Waals surface area contributed by atoms with Gasteiger partial charge in [0.1, 0.15) is 0 Å². The van der Waals surface area contributed by atoms with Crippen molar-refractivity contribution in [3.63, 3.8) is 0 Å². The highest BCUT2D eigenvalue weighted by Crippen LogP contribution is 2.56. The number of aliphatic hydroxyl groups is 1. The van der Waals surface area contributed by atoms with Crippen molar-refractivity contribution in [1.29, 1.82) is 0 Å². The maximum absolute atomic E-state index is 12.9. The Morgan fingerprint density at radius 3 is 2.48 bits per heavy atom. The third kappa shape index (κ3) is 2.52.